The first-order valence-corrected chi connectivity index (χ1v) is 8.11. The van der Waals surface area contributed by atoms with Crippen LogP contribution in [0.5, 0.6) is 0 Å². The average molecular weight is 315 g/mol. The van der Waals surface area contributed by atoms with Crippen molar-refractivity contribution in [3.05, 3.63) is 83.1 Å². The van der Waals surface area contributed by atoms with Crippen LogP contribution in [-0.2, 0) is 17.8 Å². The highest BCUT2D eigenvalue weighted by atomic mass is 16.5. The molecule has 1 aliphatic rings. The topological polar surface area (TPSA) is 39.2 Å². The molecule has 1 aromatic heterocycles. The van der Waals surface area contributed by atoms with Crippen LogP contribution in [0.15, 0.2) is 60.8 Å². The van der Waals surface area contributed by atoms with E-state index in [2.05, 4.69) is 11.1 Å². The fourth-order valence-corrected chi connectivity index (χ4v) is 3.15. The number of ether oxygens (including phenoxy) is 1. The number of pyridine rings is 1. The summed E-state index contributed by atoms with van der Waals surface area (Å²) < 4.78 is 5.54. The van der Waals surface area contributed by atoms with Crippen molar-refractivity contribution in [2.24, 2.45) is 0 Å². The van der Waals surface area contributed by atoms with E-state index >= 15 is 0 Å². The molecule has 24 heavy (non-hydrogen) atoms. The van der Waals surface area contributed by atoms with E-state index in [1.54, 1.807) is 6.20 Å². The zero-order chi connectivity index (χ0) is 16.4. The molecule has 0 saturated carbocycles. The van der Waals surface area contributed by atoms with Gasteiger partial charge in [-0.15, -0.1) is 0 Å². The quantitative estimate of drug-likeness (QED) is 0.666. The first-order valence-electron chi connectivity index (χ1n) is 8.11. The van der Waals surface area contributed by atoms with Crippen molar-refractivity contribution < 1.29 is 9.53 Å². The van der Waals surface area contributed by atoms with Gasteiger partial charge in [-0.1, -0.05) is 48.6 Å². The summed E-state index contributed by atoms with van der Waals surface area (Å²) >= 11 is 0. The fraction of sp³-hybridized carbons (Fsp3) is 0.143. The molecule has 4 rings (SSSR count). The molecule has 0 amide bonds. The van der Waals surface area contributed by atoms with Crippen LogP contribution in [0.25, 0.3) is 17.0 Å². The van der Waals surface area contributed by atoms with Crippen LogP contribution < -0.4 is 0 Å². The average Bonchev–Trinajstić information content (AvgIpc) is 2.66. The van der Waals surface area contributed by atoms with Crippen molar-refractivity contribution in [1.29, 1.82) is 0 Å². The molecule has 1 aliphatic carbocycles. The van der Waals surface area contributed by atoms with E-state index in [-0.39, 0.29) is 12.6 Å². The van der Waals surface area contributed by atoms with Crippen molar-refractivity contribution >= 4 is 22.9 Å². The van der Waals surface area contributed by atoms with Crippen molar-refractivity contribution in [2.75, 3.05) is 0 Å². The Morgan fingerprint density at radius 3 is 2.88 bits per heavy atom. The molecule has 0 radical (unpaired) electrons. The number of allylic oxidation sites excluding steroid dienone is 1. The fourth-order valence-electron chi connectivity index (χ4n) is 3.15. The maximum Gasteiger partial charge on any atom is 0.339 e. The van der Waals surface area contributed by atoms with Crippen molar-refractivity contribution in [3.8, 4) is 0 Å². The lowest BCUT2D eigenvalue weighted by Crippen LogP contribution is -2.11. The maximum atomic E-state index is 12.7. The van der Waals surface area contributed by atoms with E-state index in [0.29, 0.717) is 5.56 Å². The predicted octanol–water partition coefficient (Wildman–Crippen LogP) is 4.55. The Hall–Kier alpha value is -2.94. The highest BCUT2D eigenvalue weighted by molar-refractivity contribution is 6.00. The van der Waals surface area contributed by atoms with E-state index < -0.39 is 0 Å². The number of rotatable bonds is 3. The lowest BCUT2D eigenvalue weighted by molar-refractivity contribution is 0.0472. The van der Waals surface area contributed by atoms with Gasteiger partial charge >= 0.3 is 5.97 Å². The van der Waals surface area contributed by atoms with E-state index in [9.17, 15) is 4.79 Å². The summed E-state index contributed by atoms with van der Waals surface area (Å²) in [7, 11) is 0. The van der Waals surface area contributed by atoms with E-state index in [1.165, 1.54) is 0 Å². The van der Waals surface area contributed by atoms with Gasteiger partial charge in [-0.25, -0.2) is 4.79 Å². The first-order chi connectivity index (χ1) is 11.8. The molecule has 0 saturated heterocycles. The Morgan fingerprint density at radius 2 is 2.00 bits per heavy atom. The number of aryl methyl sites for hydroxylation is 1. The van der Waals surface area contributed by atoms with Gasteiger partial charge in [0.2, 0.25) is 0 Å². The van der Waals surface area contributed by atoms with Gasteiger partial charge in [-0.05, 0) is 41.7 Å². The van der Waals surface area contributed by atoms with Crippen LogP contribution in [0, 0.1) is 0 Å². The molecular weight excluding hydrogens is 298 g/mol. The molecule has 0 spiro atoms. The smallest absolute Gasteiger partial charge is 0.339 e. The number of aromatic nitrogens is 1. The van der Waals surface area contributed by atoms with Crippen LogP contribution in [0.4, 0.5) is 0 Å². The minimum atomic E-state index is -0.285. The summed E-state index contributed by atoms with van der Waals surface area (Å²) in [4.78, 5) is 17.2. The second-order valence-corrected chi connectivity index (χ2v) is 5.89. The van der Waals surface area contributed by atoms with Gasteiger partial charge in [0, 0.05) is 11.6 Å². The second kappa shape index (κ2) is 6.28. The van der Waals surface area contributed by atoms with Crippen LogP contribution in [0.3, 0.4) is 0 Å². The summed E-state index contributed by atoms with van der Waals surface area (Å²) in [6, 6.07) is 15.5. The Bertz CT molecular complexity index is 929. The number of hydrogen-bond donors (Lipinski definition) is 0. The molecule has 0 aliphatic heterocycles. The molecule has 3 heteroatoms. The third kappa shape index (κ3) is 2.69. The third-order valence-electron chi connectivity index (χ3n) is 4.32. The summed E-state index contributed by atoms with van der Waals surface area (Å²) in [5.41, 5.74) is 4.68. The van der Waals surface area contributed by atoms with E-state index in [4.69, 9.17) is 4.74 Å². The highest BCUT2D eigenvalue weighted by Crippen LogP contribution is 2.30. The highest BCUT2D eigenvalue weighted by Gasteiger charge is 2.20. The minimum absolute atomic E-state index is 0.281. The minimum Gasteiger partial charge on any atom is -0.457 e. The van der Waals surface area contributed by atoms with Gasteiger partial charge < -0.3 is 4.74 Å². The zero-order valence-corrected chi connectivity index (χ0v) is 13.2. The number of benzene rings is 2. The molecule has 3 aromatic rings. The Kier molecular flexibility index (Phi) is 3.83. The summed E-state index contributed by atoms with van der Waals surface area (Å²) in [6.45, 7) is 0.281. The molecule has 3 nitrogen and oxygen atoms in total. The lowest BCUT2D eigenvalue weighted by atomic mass is 9.90. The number of carbonyl (C=O) groups excluding carboxylic acids is 1. The van der Waals surface area contributed by atoms with Gasteiger partial charge in [-0.2, -0.15) is 0 Å². The molecule has 118 valence electrons. The van der Waals surface area contributed by atoms with Gasteiger partial charge in [0.05, 0.1) is 11.1 Å². The monoisotopic (exact) mass is 315 g/mol. The molecule has 0 bridgehead atoms. The van der Waals surface area contributed by atoms with Crippen molar-refractivity contribution in [3.63, 3.8) is 0 Å². The molecular formula is C21H17NO2. The van der Waals surface area contributed by atoms with Crippen LogP contribution >= 0.6 is 0 Å². The number of fused-ring (bicyclic) bond motifs is 3. The number of esters is 1. The second-order valence-electron chi connectivity index (χ2n) is 5.89. The molecule has 2 aromatic carbocycles. The van der Waals surface area contributed by atoms with Gasteiger partial charge in [-0.3, -0.25) is 4.98 Å². The van der Waals surface area contributed by atoms with Crippen LogP contribution in [-0.4, -0.2) is 11.0 Å². The van der Waals surface area contributed by atoms with Crippen LogP contribution in [0.1, 0.15) is 33.5 Å². The Labute approximate surface area is 140 Å². The maximum absolute atomic E-state index is 12.7. The molecule has 1 heterocycles. The van der Waals surface area contributed by atoms with E-state index in [0.717, 1.165) is 40.4 Å². The summed E-state index contributed by atoms with van der Waals surface area (Å²) in [5.74, 6) is -0.285. The van der Waals surface area contributed by atoms with Crippen molar-refractivity contribution in [1.82, 2.24) is 4.98 Å². The normalized spacial score (nSPS) is 12.8. The standard InChI is InChI=1S/C21H17NO2/c23-21(24-14-15-7-2-1-3-8-15)19-13-16-9-6-12-22-20(16)18-11-5-4-10-17(18)19/h1-4,6-10,12-13H,5,11,14H2. The van der Waals surface area contributed by atoms with Crippen LogP contribution in [0.2, 0.25) is 0 Å². The molecule has 0 fully saturated rings. The number of carbonyl (C=O) groups is 1. The first kappa shape index (κ1) is 14.6. The number of nitrogens with zero attached hydrogens (tertiary/aromatic N) is 1. The van der Waals surface area contributed by atoms with Gasteiger partial charge in [0.1, 0.15) is 6.61 Å². The molecule has 0 unspecified atom stereocenters. The molecule has 0 atom stereocenters. The van der Waals surface area contributed by atoms with E-state index in [1.807, 2.05) is 54.6 Å². The SMILES string of the molecule is O=C(OCc1ccccc1)c1cc2cccnc2c2c1C=CCC2. The predicted molar refractivity (Wildman–Crippen MR) is 94.7 cm³/mol. The zero-order valence-electron chi connectivity index (χ0n) is 13.2. The Balaban J connectivity index is 1.71. The third-order valence-corrected chi connectivity index (χ3v) is 4.32. The molecule has 0 N–H and O–H groups in total. The van der Waals surface area contributed by atoms with Crippen molar-refractivity contribution in [2.45, 2.75) is 19.4 Å². The lowest BCUT2D eigenvalue weighted by Gasteiger charge is -2.17. The summed E-state index contributed by atoms with van der Waals surface area (Å²) in [5, 5.41) is 0.984. The number of hydrogen-bond acceptors (Lipinski definition) is 3. The largest absolute Gasteiger partial charge is 0.457 e. The summed E-state index contributed by atoms with van der Waals surface area (Å²) in [6.07, 6.45) is 7.80. The Morgan fingerprint density at radius 1 is 1.12 bits per heavy atom. The van der Waals surface area contributed by atoms with Gasteiger partial charge in [0.15, 0.2) is 0 Å². The van der Waals surface area contributed by atoms with Gasteiger partial charge in [0.25, 0.3) is 0 Å².